The molecule has 0 aliphatic heterocycles. The molecule has 0 bridgehead atoms. The number of rotatable bonds is 7. The van der Waals surface area contributed by atoms with Crippen molar-refractivity contribution in [2.45, 2.75) is 20.3 Å². The molecule has 1 aromatic rings. The molecule has 0 aliphatic carbocycles. The highest BCUT2D eigenvalue weighted by molar-refractivity contribution is 7.93. The Labute approximate surface area is 127 Å². The number of hydrogen-bond donors (Lipinski definition) is 1. The molecule has 0 unspecified atom stereocenters. The SMILES string of the molecule is CCOC(=O)c1cc(CC)sc1NS(=O)(=O)CC(=O)OC. The molecule has 0 saturated heterocycles. The van der Waals surface area contributed by atoms with Crippen molar-refractivity contribution in [2.75, 3.05) is 24.2 Å². The van der Waals surface area contributed by atoms with Crippen LogP contribution in [0.5, 0.6) is 0 Å². The van der Waals surface area contributed by atoms with E-state index in [-0.39, 0.29) is 17.2 Å². The number of ether oxygens (including phenoxy) is 2. The normalized spacial score (nSPS) is 11.0. The summed E-state index contributed by atoms with van der Waals surface area (Å²) in [6, 6.07) is 1.58. The summed E-state index contributed by atoms with van der Waals surface area (Å²) in [6.45, 7) is 3.73. The Hall–Kier alpha value is -1.61. The van der Waals surface area contributed by atoms with Gasteiger partial charge in [0, 0.05) is 4.88 Å². The second-order valence-corrected chi connectivity index (χ2v) is 6.83. The standard InChI is InChI=1S/C12H17NO6S2/c1-4-8-6-9(12(15)19-5-2)11(20-8)13-21(16,17)7-10(14)18-3/h6,13H,4-5,7H2,1-3H3. The van der Waals surface area contributed by atoms with E-state index in [0.29, 0.717) is 6.42 Å². The van der Waals surface area contributed by atoms with E-state index in [2.05, 4.69) is 9.46 Å². The molecular formula is C12H17NO6S2. The number of carbonyl (C=O) groups is 2. The Bertz CT molecular complexity index is 620. The number of anilines is 1. The minimum Gasteiger partial charge on any atom is -0.468 e. The van der Waals surface area contributed by atoms with Crippen molar-refractivity contribution >= 4 is 38.3 Å². The summed E-state index contributed by atoms with van der Waals surface area (Å²) in [6.07, 6.45) is 0.649. The van der Waals surface area contributed by atoms with Crippen LogP contribution in [0.3, 0.4) is 0 Å². The molecule has 118 valence electrons. The molecule has 0 saturated carbocycles. The second-order valence-electron chi connectivity index (χ2n) is 3.97. The first-order valence-corrected chi connectivity index (χ1v) is 8.67. The zero-order chi connectivity index (χ0) is 16.0. The summed E-state index contributed by atoms with van der Waals surface area (Å²) in [4.78, 5) is 23.7. The van der Waals surface area contributed by atoms with Crippen LogP contribution in [0, 0.1) is 0 Å². The van der Waals surface area contributed by atoms with Crippen LogP contribution in [0.15, 0.2) is 6.07 Å². The summed E-state index contributed by atoms with van der Waals surface area (Å²) >= 11 is 1.13. The van der Waals surface area contributed by atoms with Crippen LogP contribution in [-0.2, 0) is 30.7 Å². The van der Waals surface area contributed by atoms with Crippen molar-refractivity contribution in [3.8, 4) is 0 Å². The van der Waals surface area contributed by atoms with Gasteiger partial charge in [0.2, 0.25) is 10.0 Å². The predicted molar refractivity (Wildman–Crippen MR) is 79.1 cm³/mol. The number of carbonyl (C=O) groups excluding carboxylic acids is 2. The van der Waals surface area contributed by atoms with Gasteiger partial charge in [-0.1, -0.05) is 6.92 Å². The first-order chi connectivity index (χ1) is 9.82. The molecule has 0 amide bonds. The first kappa shape index (κ1) is 17.4. The Morgan fingerprint density at radius 3 is 2.52 bits per heavy atom. The smallest absolute Gasteiger partial charge is 0.341 e. The molecule has 0 atom stereocenters. The summed E-state index contributed by atoms with van der Waals surface area (Å²) in [5, 5.41) is 0.147. The molecule has 1 aromatic heterocycles. The van der Waals surface area contributed by atoms with Gasteiger partial charge in [-0.2, -0.15) is 0 Å². The predicted octanol–water partition coefficient (Wildman–Crippen LogP) is 1.40. The Morgan fingerprint density at radius 1 is 1.33 bits per heavy atom. The quantitative estimate of drug-likeness (QED) is 0.756. The van der Waals surface area contributed by atoms with Crippen LogP contribution in [0.25, 0.3) is 0 Å². The van der Waals surface area contributed by atoms with Crippen molar-refractivity contribution in [3.63, 3.8) is 0 Å². The minimum absolute atomic E-state index is 0.146. The Balaban J connectivity index is 3.04. The van der Waals surface area contributed by atoms with E-state index in [4.69, 9.17) is 4.74 Å². The summed E-state index contributed by atoms with van der Waals surface area (Å²) < 4.78 is 35.1. The molecule has 0 spiro atoms. The molecule has 0 aromatic carbocycles. The van der Waals surface area contributed by atoms with Gasteiger partial charge in [-0.15, -0.1) is 11.3 Å². The number of sulfonamides is 1. The number of methoxy groups -OCH3 is 1. The van der Waals surface area contributed by atoms with Crippen LogP contribution in [0.1, 0.15) is 29.1 Å². The lowest BCUT2D eigenvalue weighted by Gasteiger charge is -2.07. The molecule has 0 radical (unpaired) electrons. The summed E-state index contributed by atoms with van der Waals surface area (Å²) in [7, 11) is -2.83. The molecular weight excluding hydrogens is 318 g/mol. The Morgan fingerprint density at radius 2 is 2.00 bits per heavy atom. The molecule has 0 aliphatic rings. The third-order valence-electron chi connectivity index (χ3n) is 2.41. The highest BCUT2D eigenvalue weighted by Crippen LogP contribution is 2.30. The molecule has 21 heavy (non-hydrogen) atoms. The maximum Gasteiger partial charge on any atom is 0.341 e. The van der Waals surface area contributed by atoms with E-state index in [1.807, 2.05) is 6.92 Å². The van der Waals surface area contributed by atoms with E-state index in [1.165, 1.54) is 0 Å². The van der Waals surface area contributed by atoms with Crippen molar-refractivity contribution in [1.29, 1.82) is 0 Å². The first-order valence-electron chi connectivity index (χ1n) is 6.20. The topological polar surface area (TPSA) is 98.8 Å². The fraction of sp³-hybridized carbons (Fsp3) is 0.500. The third-order valence-corrected chi connectivity index (χ3v) is 4.87. The second kappa shape index (κ2) is 7.41. The lowest BCUT2D eigenvalue weighted by molar-refractivity contribution is -0.137. The van der Waals surface area contributed by atoms with Gasteiger partial charge in [0.1, 0.15) is 5.00 Å². The van der Waals surface area contributed by atoms with Crippen LogP contribution in [0.4, 0.5) is 5.00 Å². The largest absolute Gasteiger partial charge is 0.468 e. The lowest BCUT2D eigenvalue weighted by atomic mass is 10.2. The number of nitrogens with one attached hydrogen (secondary N) is 1. The highest BCUT2D eigenvalue weighted by atomic mass is 32.2. The fourth-order valence-corrected chi connectivity index (χ4v) is 3.72. The van der Waals surface area contributed by atoms with Gasteiger partial charge in [-0.25, -0.2) is 13.2 Å². The highest BCUT2D eigenvalue weighted by Gasteiger charge is 2.23. The zero-order valence-corrected chi connectivity index (χ0v) is 13.6. The van der Waals surface area contributed by atoms with E-state index in [9.17, 15) is 18.0 Å². The van der Waals surface area contributed by atoms with E-state index in [1.54, 1.807) is 13.0 Å². The van der Waals surface area contributed by atoms with Gasteiger partial charge in [-0.3, -0.25) is 9.52 Å². The van der Waals surface area contributed by atoms with Crippen LogP contribution < -0.4 is 4.72 Å². The third kappa shape index (κ3) is 5.01. The van der Waals surface area contributed by atoms with Gasteiger partial charge in [0.15, 0.2) is 5.75 Å². The maximum absolute atomic E-state index is 11.8. The maximum atomic E-state index is 11.8. The van der Waals surface area contributed by atoms with Crippen LogP contribution >= 0.6 is 11.3 Å². The minimum atomic E-state index is -3.93. The van der Waals surface area contributed by atoms with Crippen LogP contribution in [-0.4, -0.2) is 39.8 Å². The van der Waals surface area contributed by atoms with Crippen molar-refractivity contribution in [2.24, 2.45) is 0 Å². The van der Waals surface area contributed by atoms with Gasteiger partial charge >= 0.3 is 11.9 Å². The fourth-order valence-electron chi connectivity index (χ4n) is 1.44. The monoisotopic (exact) mass is 335 g/mol. The van der Waals surface area contributed by atoms with Crippen molar-refractivity contribution < 1.29 is 27.5 Å². The van der Waals surface area contributed by atoms with Gasteiger partial charge < -0.3 is 9.47 Å². The zero-order valence-electron chi connectivity index (χ0n) is 12.0. The number of aryl methyl sites for hydroxylation is 1. The van der Waals surface area contributed by atoms with E-state index in [0.717, 1.165) is 23.3 Å². The molecule has 7 nitrogen and oxygen atoms in total. The summed E-state index contributed by atoms with van der Waals surface area (Å²) in [5.41, 5.74) is 0.146. The Kier molecular flexibility index (Phi) is 6.16. The van der Waals surface area contributed by atoms with Gasteiger partial charge in [0.05, 0.1) is 19.3 Å². The average molecular weight is 335 g/mol. The summed E-state index contributed by atoms with van der Waals surface area (Å²) in [5.74, 6) is -2.30. The van der Waals surface area contributed by atoms with Crippen molar-refractivity contribution in [3.05, 3.63) is 16.5 Å². The number of thiophene rings is 1. The van der Waals surface area contributed by atoms with E-state index < -0.39 is 27.7 Å². The molecule has 9 heteroatoms. The number of esters is 2. The lowest BCUT2D eigenvalue weighted by Crippen LogP contribution is -2.24. The van der Waals surface area contributed by atoms with E-state index >= 15 is 0 Å². The van der Waals surface area contributed by atoms with Gasteiger partial charge in [-0.05, 0) is 19.4 Å². The van der Waals surface area contributed by atoms with Crippen LogP contribution in [0.2, 0.25) is 0 Å². The molecule has 1 heterocycles. The molecule has 1 rings (SSSR count). The molecule has 1 N–H and O–H groups in total. The van der Waals surface area contributed by atoms with Gasteiger partial charge in [0.25, 0.3) is 0 Å². The average Bonchev–Trinajstić information content (AvgIpc) is 2.80. The van der Waals surface area contributed by atoms with Crippen molar-refractivity contribution in [1.82, 2.24) is 0 Å². The molecule has 0 fully saturated rings. The number of hydrogen-bond acceptors (Lipinski definition) is 7.